The quantitative estimate of drug-likeness (QED) is 0.782. The van der Waals surface area contributed by atoms with E-state index in [4.69, 9.17) is 33.4 Å². The monoisotopic (exact) mass is 299 g/mol. The predicted molar refractivity (Wildman–Crippen MR) is 73.4 cm³/mol. The van der Waals surface area contributed by atoms with Gasteiger partial charge in [0.1, 0.15) is 5.52 Å². The van der Waals surface area contributed by atoms with Gasteiger partial charge in [0, 0.05) is 10.4 Å². The third kappa shape index (κ3) is 2.16. The van der Waals surface area contributed by atoms with E-state index in [2.05, 4.69) is 9.97 Å². The number of nitrogens with zero attached hydrogens (tertiary/aromatic N) is 2. The highest BCUT2D eigenvalue weighted by atomic mass is 35.5. The van der Waals surface area contributed by atoms with Crippen molar-refractivity contribution in [2.75, 3.05) is 5.73 Å². The number of anilines is 1. The summed E-state index contributed by atoms with van der Waals surface area (Å²) >= 11 is 13.3. The molecular weight excluding hydrogens is 293 g/mol. The van der Waals surface area contributed by atoms with Crippen molar-refractivity contribution < 1.29 is 4.42 Å². The lowest BCUT2D eigenvalue weighted by atomic mass is 10.3. The minimum atomic E-state index is 0.453. The average Bonchev–Trinajstić information content (AvgIpc) is 2.85. The number of oxazole rings is 1. The highest BCUT2D eigenvalue weighted by Crippen LogP contribution is 2.29. The summed E-state index contributed by atoms with van der Waals surface area (Å²) in [6.45, 7) is 0. The number of hydrogen-bond acceptors (Lipinski definition) is 5. The first-order chi connectivity index (χ1) is 8.61. The van der Waals surface area contributed by atoms with Crippen LogP contribution in [0.3, 0.4) is 0 Å². The molecule has 1 aromatic carbocycles. The molecule has 0 fully saturated rings. The number of fused-ring (bicyclic) bond motifs is 1. The van der Waals surface area contributed by atoms with Crippen molar-refractivity contribution in [3.8, 4) is 0 Å². The summed E-state index contributed by atoms with van der Waals surface area (Å²) in [4.78, 5) is 8.48. The summed E-state index contributed by atoms with van der Waals surface area (Å²) < 4.78 is 5.59. The van der Waals surface area contributed by atoms with Crippen LogP contribution in [0, 0.1) is 0 Å². The molecule has 18 heavy (non-hydrogen) atoms. The molecule has 4 nitrogen and oxygen atoms in total. The summed E-state index contributed by atoms with van der Waals surface area (Å²) in [5.74, 6) is 0.541. The van der Waals surface area contributed by atoms with Gasteiger partial charge in [0.05, 0.1) is 17.1 Å². The lowest BCUT2D eigenvalue weighted by Crippen LogP contribution is -1.89. The Bertz CT molecular complexity index is 722. The fourth-order valence-electron chi connectivity index (χ4n) is 1.64. The molecule has 0 unspecified atom stereocenters. The van der Waals surface area contributed by atoms with E-state index >= 15 is 0 Å². The molecule has 0 amide bonds. The molecule has 2 aromatic heterocycles. The Hall–Kier alpha value is -1.30. The molecule has 0 spiro atoms. The number of halogens is 2. The molecule has 2 N–H and O–H groups in total. The van der Waals surface area contributed by atoms with E-state index in [-0.39, 0.29) is 0 Å². The Morgan fingerprint density at radius 2 is 2.11 bits per heavy atom. The van der Waals surface area contributed by atoms with Crippen LogP contribution in [-0.2, 0) is 6.42 Å². The predicted octanol–water partition coefficient (Wildman–Crippen LogP) is 3.76. The SMILES string of the molecule is Nc1nc(Cc2nc3cc(Cl)cc(Cl)c3o2)cs1. The molecule has 0 aliphatic rings. The summed E-state index contributed by atoms with van der Waals surface area (Å²) in [5, 5.41) is 3.39. The molecule has 0 atom stereocenters. The summed E-state index contributed by atoms with van der Waals surface area (Å²) in [7, 11) is 0. The highest BCUT2D eigenvalue weighted by Gasteiger charge is 2.12. The van der Waals surface area contributed by atoms with E-state index in [9.17, 15) is 0 Å². The van der Waals surface area contributed by atoms with Crippen LogP contribution in [0.2, 0.25) is 10.0 Å². The second-order valence-corrected chi connectivity index (χ2v) is 5.43. The van der Waals surface area contributed by atoms with E-state index in [0.717, 1.165) is 5.69 Å². The van der Waals surface area contributed by atoms with Gasteiger partial charge in [-0.15, -0.1) is 11.3 Å². The first-order valence-electron chi connectivity index (χ1n) is 5.06. The van der Waals surface area contributed by atoms with Crippen LogP contribution < -0.4 is 5.73 Å². The smallest absolute Gasteiger partial charge is 0.201 e. The van der Waals surface area contributed by atoms with Gasteiger partial charge in [-0.25, -0.2) is 9.97 Å². The molecule has 0 aliphatic carbocycles. The number of thiazole rings is 1. The zero-order valence-electron chi connectivity index (χ0n) is 8.98. The minimum Gasteiger partial charge on any atom is -0.439 e. The van der Waals surface area contributed by atoms with Crippen molar-refractivity contribution in [2.45, 2.75) is 6.42 Å². The third-order valence-corrected chi connectivity index (χ3v) is 3.58. The van der Waals surface area contributed by atoms with Crippen LogP contribution in [0.5, 0.6) is 0 Å². The van der Waals surface area contributed by atoms with Gasteiger partial charge < -0.3 is 10.2 Å². The molecule has 0 saturated carbocycles. The Morgan fingerprint density at radius 3 is 2.83 bits per heavy atom. The zero-order chi connectivity index (χ0) is 12.7. The number of nitrogens with two attached hydrogens (primary N) is 1. The van der Waals surface area contributed by atoms with Crippen LogP contribution in [0.15, 0.2) is 21.9 Å². The molecule has 3 rings (SSSR count). The van der Waals surface area contributed by atoms with Crippen LogP contribution >= 0.6 is 34.5 Å². The van der Waals surface area contributed by atoms with E-state index in [1.54, 1.807) is 12.1 Å². The molecule has 0 aliphatic heterocycles. The summed E-state index contributed by atoms with van der Waals surface area (Å²) in [6, 6.07) is 3.34. The van der Waals surface area contributed by atoms with Gasteiger partial charge in [0.15, 0.2) is 10.7 Å². The molecule has 3 aromatic rings. The second kappa shape index (κ2) is 4.42. The Morgan fingerprint density at radius 1 is 1.28 bits per heavy atom. The summed E-state index contributed by atoms with van der Waals surface area (Å²) in [5.41, 5.74) is 7.58. The van der Waals surface area contributed by atoms with Gasteiger partial charge in [-0.05, 0) is 12.1 Å². The molecule has 92 valence electrons. The second-order valence-electron chi connectivity index (χ2n) is 3.70. The molecule has 0 saturated heterocycles. The van der Waals surface area contributed by atoms with Gasteiger partial charge in [-0.2, -0.15) is 0 Å². The van der Waals surface area contributed by atoms with Crippen molar-refractivity contribution in [3.63, 3.8) is 0 Å². The molecular formula is C11H7Cl2N3OS. The highest BCUT2D eigenvalue weighted by molar-refractivity contribution is 7.13. The number of aromatic nitrogens is 2. The van der Waals surface area contributed by atoms with Crippen LogP contribution in [-0.4, -0.2) is 9.97 Å². The van der Waals surface area contributed by atoms with Gasteiger partial charge in [-0.1, -0.05) is 23.2 Å². The fourth-order valence-corrected chi connectivity index (χ4v) is 2.72. The number of hydrogen-bond donors (Lipinski definition) is 1. The Labute approximate surface area is 116 Å². The summed E-state index contributed by atoms with van der Waals surface area (Å²) in [6.07, 6.45) is 0.482. The molecule has 0 radical (unpaired) electrons. The minimum absolute atomic E-state index is 0.453. The van der Waals surface area contributed by atoms with Crippen molar-refractivity contribution in [1.29, 1.82) is 0 Å². The van der Waals surface area contributed by atoms with Gasteiger partial charge >= 0.3 is 0 Å². The molecule has 0 bridgehead atoms. The van der Waals surface area contributed by atoms with E-state index < -0.39 is 0 Å². The average molecular weight is 300 g/mol. The largest absolute Gasteiger partial charge is 0.439 e. The first kappa shape index (κ1) is 11.8. The number of benzene rings is 1. The zero-order valence-corrected chi connectivity index (χ0v) is 11.3. The number of nitrogen functional groups attached to an aromatic ring is 1. The van der Waals surface area contributed by atoms with E-state index in [1.807, 2.05) is 5.38 Å². The lowest BCUT2D eigenvalue weighted by molar-refractivity contribution is 0.542. The number of rotatable bonds is 2. The maximum Gasteiger partial charge on any atom is 0.201 e. The van der Waals surface area contributed by atoms with Gasteiger partial charge in [0.25, 0.3) is 0 Å². The van der Waals surface area contributed by atoms with Crippen LogP contribution in [0.4, 0.5) is 5.13 Å². The van der Waals surface area contributed by atoms with Crippen molar-refractivity contribution in [3.05, 3.63) is 39.1 Å². The van der Waals surface area contributed by atoms with Gasteiger partial charge in [-0.3, -0.25) is 0 Å². The van der Waals surface area contributed by atoms with Crippen LogP contribution in [0.25, 0.3) is 11.1 Å². The van der Waals surface area contributed by atoms with Crippen molar-refractivity contribution >= 4 is 50.8 Å². The lowest BCUT2D eigenvalue weighted by Gasteiger charge is -1.91. The normalized spacial score (nSPS) is 11.2. The van der Waals surface area contributed by atoms with Crippen molar-refractivity contribution in [1.82, 2.24) is 9.97 Å². The van der Waals surface area contributed by atoms with Crippen LogP contribution in [0.1, 0.15) is 11.6 Å². The molecule has 7 heteroatoms. The molecule has 2 heterocycles. The standard InChI is InChI=1S/C11H7Cl2N3OS/c12-5-1-7(13)10-8(2-5)16-9(17-10)3-6-4-18-11(14)15-6/h1-2,4H,3H2,(H2,14,15). The fraction of sp³-hybridized carbons (Fsp3) is 0.0909. The van der Waals surface area contributed by atoms with E-state index in [0.29, 0.717) is 38.6 Å². The maximum absolute atomic E-state index is 6.03. The van der Waals surface area contributed by atoms with Crippen molar-refractivity contribution in [2.24, 2.45) is 0 Å². The maximum atomic E-state index is 6.03. The Kier molecular flexibility index (Phi) is 2.89. The topological polar surface area (TPSA) is 64.9 Å². The Balaban J connectivity index is 2.01. The van der Waals surface area contributed by atoms with Gasteiger partial charge in [0.2, 0.25) is 5.89 Å². The third-order valence-electron chi connectivity index (χ3n) is 2.36. The van der Waals surface area contributed by atoms with E-state index in [1.165, 1.54) is 11.3 Å². The first-order valence-corrected chi connectivity index (χ1v) is 6.70.